The molecule has 0 radical (unpaired) electrons. The van der Waals surface area contributed by atoms with Crippen molar-refractivity contribution in [2.24, 2.45) is 5.84 Å². The number of hydrogen-bond acceptors (Lipinski definition) is 5. The molecule has 0 bridgehead atoms. The van der Waals surface area contributed by atoms with Crippen molar-refractivity contribution in [1.29, 1.82) is 0 Å². The van der Waals surface area contributed by atoms with Crippen LogP contribution in [0.5, 0.6) is 0 Å². The molecular formula is C9H12F3N5. The molecular weight excluding hydrogens is 235 g/mol. The number of nitrogens with one attached hydrogen (secondary N) is 1. The van der Waals surface area contributed by atoms with Gasteiger partial charge < -0.3 is 4.90 Å². The zero-order valence-electron chi connectivity index (χ0n) is 9.12. The van der Waals surface area contributed by atoms with Crippen LogP contribution >= 0.6 is 0 Å². The quantitative estimate of drug-likeness (QED) is 0.624. The number of hydrogen-bond donors (Lipinski definition) is 2. The van der Waals surface area contributed by atoms with E-state index in [-0.39, 0.29) is 17.8 Å². The largest absolute Gasteiger partial charge is 0.433 e. The summed E-state index contributed by atoms with van der Waals surface area (Å²) in [6.45, 7) is 0. The van der Waals surface area contributed by atoms with E-state index < -0.39 is 11.9 Å². The standard InChI is InChI=1S/C9H12F3N5/c1-17(5-2-3-5)7-4-6(9(10,11)12)14-8(15-7)16-13/h4-5H,2-3,13H2,1H3,(H,14,15,16). The van der Waals surface area contributed by atoms with Crippen molar-refractivity contribution in [3.05, 3.63) is 11.8 Å². The molecule has 1 fully saturated rings. The van der Waals surface area contributed by atoms with Crippen LogP contribution in [0, 0.1) is 0 Å². The lowest BCUT2D eigenvalue weighted by atomic mass is 10.3. The van der Waals surface area contributed by atoms with Gasteiger partial charge in [0.1, 0.15) is 5.82 Å². The molecule has 1 aliphatic carbocycles. The van der Waals surface area contributed by atoms with E-state index >= 15 is 0 Å². The lowest BCUT2D eigenvalue weighted by Gasteiger charge is -2.19. The van der Waals surface area contributed by atoms with E-state index in [2.05, 4.69) is 9.97 Å². The fourth-order valence-electron chi connectivity index (χ4n) is 1.47. The van der Waals surface area contributed by atoms with Gasteiger partial charge in [0.2, 0.25) is 5.95 Å². The Labute approximate surface area is 95.8 Å². The number of hydrazine groups is 1. The number of aromatic nitrogens is 2. The molecule has 1 heterocycles. The maximum atomic E-state index is 12.6. The van der Waals surface area contributed by atoms with Crippen molar-refractivity contribution in [2.75, 3.05) is 17.4 Å². The summed E-state index contributed by atoms with van der Waals surface area (Å²) < 4.78 is 37.8. The summed E-state index contributed by atoms with van der Waals surface area (Å²) in [6, 6.07) is 1.19. The minimum absolute atomic E-state index is 0.225. The molecule has 8 heteroatoms. The molecule has 3 N–H and O–H groups in total. The molecule has 5 nitrogen and oxygen atoms in total. The highest BCUT2D eigenvalue weighted by Gasteiger charge is 2.35. The van der Waals surface area contributed by atoms with Crippen LogP contribution in [0.2, 0.25) is 0 Å². The van der Waals surface area contributed by atoms with E-state index in [0.29, 0.717) is 0 Å². The third kappa shape index (κ3) is 2.57. The number of alkyl halides is 3. The molecule has 1 aliphatic rings. The Morgan fingerprint density at radius 2 is 2.06 bits per heavy atom. The number of halogens is 3. The van der Waals surface area contributed by atoms with Crippen molar-refractivity contribution in [1.82, 2.24) is 9.97 Å². The molecule has 0 aromatic carbocycles. The van der Waals surface area contributed by atoms with Gasteiger partial charge in [-0.25, -0.2) is 10.8 Å². The normalized spacial score (nSPS) is 15.8. The molecule has 0 unspecified atom stereocenters. The molecule has 2 rings (SSSR count). The van der Waals surface area contributed by atoms with Gasteiger partial charge in [-0.1, -0.05) is 0 Å². The van der Waals surface area contributed by atoms with Crippen molar-refractivity contribution < 1.29 is 13.2 Å². The highest BCUT2D eigenvalue weighted by atomic mass is 19.4. The lowest BCUT2D eigenvalue weighted by molar-refractivity contribution is -0.141. The van der Waals surface area contributed by atoms with E-state index in [1.807, 2.05) is 5.43 Å². The topological polar surface area (TPSA) is 67.1 Å². The molecule has 0 amide bonds. The van der Waals surface area contributed by atoms with Crippen LogP contribution in [-0.2, 0) is 6.18 Å². The molecule has 1 saturated carbocycles. The Morgan fingerprint density at radius 3 is 2.53 bits per heavy atom. The predicted octanol–water partition coefficient (Wildman–Crippen LogP) is 1.38. The summed E-state index contributed by atoms with van der Waals surface area (Å²) in [6.07, 6.45) is -2.58. The van der Waals surface area contributed by atoms with Crippen LogP contribution in [0.25, 0.3) is 0 Å². The minimum Gasteiger partial charge on any atom is -0.357 e. The summed E-state index contributed by atoms with van der Waals surface area (Å²) in [7, 11) is 1.71. The second kappa shape index (κ2) is 4.02. The number of nitrogens with zero attached hydrogens (tertiary/aromatic N) is 3. The molecule has 17 heavy (non-hydrogen) atoms. The van der Waals surface area contributed by atoms with E-state index in [4.69, 9.17) is 5.84 Å². The summed E-state index contributed by atoms with van der Waals surface area (Å²) in [4.78, 5) is 8.90. The van der Waals surface area contributed by atoms with E-state index in [0.717, 1.165) is 18.9 Å². The highest BCUT2D eigenvalue weighted by molar-refractivity contribution is 5.46. The van der Waals surface area contributed by atoms with Crippen molar-refractivity contribution in [3.8, 4) is 0 Å². The van der Waals surface area contributed by atoms with Gasteiger partial charge in [0, 0.05) is 19.2 Å². The van der Waals surface area contributed by atoms with E-state index in [1.165, 1.54) is 0 Å². The van der Waals surface area contributed by atoms with Gasteiger partial charge >= 0.3 is 6.18 Å². The summed E-state index contributed by atoms with van der Waals surface area (Å²) >= 11 is 0. The van der Waals surface area contributed by atoms with E-state index in [9.17, 15) is 13.2 Å². The first kappa shape index (κ1) is 11.9. The van der Waals surface area contributed by atoms with Gasteiger partial charge in [0.25, 0.3) is 0 Å². The highest BCUT2D eigenvalue weighted by Crippen LogP contribution is 2.33. The zero-order valence-corrected chi connectivity index (χ0v) is 9.12. The summed E-state index contributed by atoms with van der Waals surface area (Å²) in [5, 5.41) is 0. The molecule has 0 saturated heterocycles. The Hall–Kier alpha value is -1.57. The third-order valence-electron chi connectivity index (χ3n) is 2.59. The summed E-state index contributed by atoms with van der Waals surface area (Å²) in [5.41, 5.74) is 1.05. The molecule has 1 aromatic heterocycles. The zero-order chi connectivity index (χ0) is 12.6. The Morgan fingerprint density at radius 1 is 1.41 bits per heavy atom. The van der Waals surface area contributed by atoms with Gasteiger partial charge in [-0.3, -0.25) is 5.43 Å². The van der Waals surface area contributed by atoms with Crippen LogP contribution in [0.15, 0.2) is 6.07 Å². The monoisotopic (exact) mass is 247 g/mol. The van der Waals surface area contributed by atoms with Crippen LogP contribution < -0.4 is 16.2 Å². The fourth-order valence-corrected chi connectivity index (χ4v) is 1.47. The molecule has 0 spiro atoms. The average molecular weight is 247 g/mol. The smallest absolute Gasteiger partial charge is 0.357 e. The van der Waals surface area contributed by atoms with Crippen LogP contribution in [0.3, 0.4) is 0 Å². The van der Waals surface area contributed by atoms with E-state index in [1.54, 1.807) is 11.9 Å². The molecule has 0 atom stereocenters. The molecule has 94 valence electrons. The predicted molar refractivity (Wildman–Crippen MR) is 56.3 cm³/mol. The van der Waals surface area contributed by atoms with Gasteiger partial charge in [-0.15, -0.1) is 0 Å². The van der Waals surface area contributed by atoms with Gasteiger partial charge in [0.05, 0.1) is 0 Å². The second-order valence-electron chi connectivity index (χ2n) is 3.92. The summed E-state index contributed by atoms with van der Waals surface area (Å²) in [5.74, 6) is 5.05. The third-order valence-corrected chi connectivity index (χ3v) is 2.59. The van der Waals surface area contributed by atoms with Crippen LogP contribution in [0.1, 0.15) is 18.5 Å². The second-order valence-corrected chi connectivity index (χ2v) is 3.92. The van der Waals surface area contributed by atoms with Gasteiger partial charge in [-0.2, -0.15) is 18.2 Å². The maximum Gasteiger partial charge on any atom is 0.433 e. The molecule has 0 aliphatic heterocycles. The number of nitrogen functional groups attached to an aromatic ring is 1. The Balaban J connectivity index is 2.37. The Kier molecular flexibility index (Phi) is 2.82. The molecule has 1 aromatic rings. The Bertz CT molecular complexity index is 416. The minimum atomic E-state index is -4.51. The van der Waals surface area contributed by atoms with Gasteiger partial charge in [-0.05, 0) is 12.8 Å². The van der Waals surface area contributed by atoms with Gasteiger partial charge in [0.15, 0.2) is 5.69 Å². The lowest BCUT2D eigenvalue weighted by Crippen LogP contribution is -2.24. The van der Waals surface area contributed by atoms with Crippen LogP contribution in [-0.4, -0.2) is 23.1 Å². The van der Waals surface area contributed by atoms with Crippen LogP contribution in [0.4, 0.5) is 24.9 Å². The van der Waals surface area contributed by atoms with Crippen molar-refractivity contribution in [3.63, 3.8) is 0 Å². The first-order chi connectivity index (χ1) is 7.91. The average Bonchev–Trinajstić information content (AvgIpc) is 3.10. The van der Waals surface area contributed by atoms with Crippen molar-refractivity contribution >= 4 is 11.8 Å². The first-order valence-corrected chi connectivity index (χ1v) is 5.07. The number of rotatable bonds is 3. The fraction of sp³-hybridized carbons (Fsp3) is 0.556. The number of nitrogens with two attached hydrogens (primary N) is 1. The first-order valence-electron chi connectivity index (χ1n) is 5.07. The SMILES string of the molecule is CN(c1cc(C(F)(F)F)nc(NN)n1)C1CC1. The number of anilines is 2. The van der Waals surface area contributed by atoms with Crippen molar-refractivity contribution in [2.45, 2.75) is 25.1 Å². The maximum absolute atomic E-state index is 12.6.